The van der Waals surface area contributed by atoms with Crippen LogP contribution >= 0.6 is 0 Å². The molecular weight excluding hydrogens is 250 g/mol. The van der Waals surface area contributed by atoms with Crippen molar-refractivity contribution in [3.05, 3.63) is 34.3 Å². The van der Waals surface area contributed by atoms with Gasteiger partial charge in [0.2, 0.25) is 11.8 Å². The zero-order valence-corrected chi connectivity index (χ0v) is 11.0. The Kier molecular flexibility index (Phi) is 3.59. The van der Waals surface area contributed by atoms with E-state index in [1.807, 2.05) is 0 Å². The van der Waals surface area contributed by atoms with Crippen molar-refractivity contribution in [2.45, 2.75) is 33.2 Å². The van der Waals surface area contributed by atoms with Gasteiger partial charge in [-0.3, -0.25) is 14.8 Å². The fourth-order valence-electron chi connectivity index (χ4n) is 1.61. The summed E-state index contributed by atoms with van der Waals surface area (Å²) in [6, 6.07) is -0.331. The van der Waals surface area contributed by atoms with Crippen LogP contribution in [0.4, 0.5) is 5.69 Å². The summed E-state index contributed by atoms with van der Waals surface area (Å²) in [5.41, 5.74) is -0.0613. The molecular formula is C11H15N5O3. The van der Waals surface area contributed by atoms with E-state index in [-0.39, 0.29) is 11.7 Å². The molecule has 102 valence electrons. The van der Waals surface area contributed by atoms with Gasteiger partial charge in [-0.25, -0.2) is 0 Å². The molecule has 0 bridgehead atoms. The molecule has 0 amide bonds. The molecule has 0 aromatic carbocycles. The van der Waals surface area contributed by atoms with Gasteiger partial charge in [-0.15, -0.1) is 10.2 Å². The van der Waals surface area contributed by atoms with E-state index in [0.29, 0.717) is 24.1 Å². The van der Waals surface area contributed by atoms with E-state index in [0.717, 1.165) is 0 Å². The minimum Gasteiger partial charge on any atom is -0.423 e. The molecule has 1 atom stereocenters. The van der Waals surface area contributed by atoms with Gasteiger partial charge in [0.15, 0.2) is 0 Å². The molecule has 2 heterocycles. The van der Waals surface area contributed by atoms with Crippen LogP contribution in [-0.2, 0) is 6.42 Å². The second-order valence-electron chi connectivity index (χ2n) is 4.74. The highest BCUT2D eigenvalue weighted by Gasteiger charge is 2.19. The Bertz CT molecular complexity index is 574. The molecule has 0 fully saturated rings. The highest BCUT2D eigenvalue weighted by Crippen LogP contribution is 2.19. The van der Waals surface area contributed by atoms with Gasteiger partial charge in [0.1, 0.15) is 18.4 Å². The van der Waals surface area contributed by atoms with Crippen LogP contribution in [0, 0.1) is 16.0 Å². The minimum absolute atomic E-state index is 0.0613. The van der Waals surface area contributed by atoms with E-state index in [1.165, 1.54) is 17.1 Å². The number of aromatic nitrogens is 4. The largest absolute Gasteiger partial charge is 0.423 e. The van der Waals surface area contributed by atoms with Crippen LogP contribution in [0.15, 0.2) is 16.8 Å². The molecule has 0 N–H and O–H groups in total. The van der Waals surface area contributed by atoms with Crippen LogP contribution in [0.5, 0.6) is 0 Å². The fourth-order valence-corrected chi connectivity index (χ4v) is 1.61. The van der Waals surface area contributed by atoms with Crippen molar-refractivity contribution in [1.82, 2.24) is 20.0 Å². The molecule has 0 saturated carbocycles. The smallest absolute Gasteiger partial charge is 0.307 e. The van der Waals surface area contributed by atoms with Gasteiger partial charge in [0.25, 0.3) is 0 Å². The maximum absolute atomic E-state index is 10.6. The molecule has 2 aromatic heterocycles. The van der Waals surface area contributed by atoms with Crippen molar-refractivity contribution in [1.29, 1.82) is 0 Å². The number of hydrogen-bond donors (Lipinski definition) is 0. The van der Waals surface area contributed by atoms with E-state index in [2.05, 4.69) is 29.1 Å². The van der Waals surface area contributed by atoms with Gasteiger partial charge in [-0.05, 0) is 12.8 Å². The SMILES string of the molecule is CC(C)Cc1nnc(C(C)n2cc([N+](=O)[O-])cn2)o1. The average molecular weight is 265 g/mol. The standard InChI is InChI=1S/C11H15N5O3/c1-7(2)4-10-13-14-11(19-10)8(3)15-6-9(5-12-15)16(17)18/h5-8H,4H2,1-3H3. The predicted octanol–water partition coefficient (Wildman–Crippen LogP) is 1.98. The third-order valence-corrected chi connectivity index (χ3v) is 2.62. The predicted molar refractivity (Wildman–Crippen MR) is 65.5 cm³/mol. The van der Waals surface area contributed by atoms with E-state index in [1.54, 1.807) is 6.92 Å². The summed E-state index contributed by atoms with van der Waals surface area (Å²) in [5.74, 6) is 1.39. The average Bonchev–Trinajstić information content (AvgIpc) is 2.95. The maximum Gasteiger partial charge on any atom is 0.307 e. The summed E-state index contributed by atoms with van der Waals surface area (Å²) < 4.78 is 6.96. The summed E-state index contributed by atoms with van der Waals surface area (Å²) in [5, 5.41) is 22.4. The van der Waals surface area contributed by atoms with E-state index < -0.39 is 4.92 Å². The van der Waals surface area contributed by atoms with Gasteiger partial charge in [-0.2, -0.15) is 5.10 Å². The fraction of sp³-hybridized carbons (Fsp3) is 0.545. The molecule has 2 rings (SSSR count). The maximum atomic E-state index is 10.6. The molecule has 1 unspecified atom stereocenters. The number of nitro groups is 1. The van der Waals surface area contributed by atoms with Crippen LogP contribution in [0.1, 0.15) is 38.6 Å². The normalized spacial score (nSPS) is 12.8. The number of rotatable bonds is 5. The highest BCUT2D eigenvalue weighted by molar-refractivity contribution is 5.21. The Morgan fingerprint density at radius 3 is 2.74 bits per heavy atom. The third kappa shape index (κ3) is 2.95. The lowest BCUT2D eigenvalue weighted by Gasteiger charge is -2.05. The second-order valence-corrected chi connectivity index (χ2v) is 4.74. The summed E-state index contributed by atoms with van der Waals surface area (Å²) in [6.07, 6.45) is 3.25. The molecule has 19 heavy (non-hydrogen) atoms. The first-order chi connectivity index (χ1) is 8.97. The third-order valence-electron chi connectivity index (χ3n) is 2.62. The van der Waals surface area contributed by atoms with Crippen molar-refractivity contribution in [2.24, 2.45) is 5.92 Å². The highest BCUT2D eigenvalue weighted by atomic mass is 16.6. The molecule has 0 aliphatic heterocycles. The molecule has 8 heteroatoms. The van der Waals surface area contributed by atoms with E-state index in [9.17, 15) is 10.1 Å². The Morgan fingerprint density at radius 2 is 2.16 bits per heavy atom. The Balaban J connectivity index is 2.16. The molecule has 0 aliphatic rings. The topological polar surface area (TPSA) is 99.9 Å². The minimum atomic E-state index is -0.492. The first-order valence-electron chi connectivity index (χ1n) is 5.98. The van der Waals surface area contributed by atoms with E-state index >= 15 is 0 Å². The van der Waals surface area contributed by atoms with Crippen LogP contribution in [0.25, 0.3) is 0 Å². The van der Waals surface area contributed by atoms with Gasteiger partial charge < -0.3 is 4.42 Å². The van der Waals surface area contributed by atoms with Crippen molar-refractivity contribution in [3.8, 4) is 0 Å². The lowest BCUT2D eigenvalue weighted by atomic mass is 10.1. The lowest BCUT2D eigenvalue weighted by Crippen LogP contribution is -2.07. The molecule has 0 aliphatic carbocycles. The lowest BCUT2D eigenvalue weighted by molar-refractivity contribution is -0.385. The Morgan fingerprint density at radius 1 is 1.42 bits per heavy atom. The second kappa shape index (κ2) is 5.17. The first-order valence-corrected chi connectivity index (χ1v) is 5.98. The van der Waals surface area contributed by atoms with Crippen molar-refractivity contribution in [2.75, 3.05) is 0 Å². The molecule has 0 spiro atoms. The molecule has 2 aromatic rings. The summed E-state index contributed by atoms with van der Waals surface area (Å²) in [6.45, 7) is 5.91. The summed E-state index contributed by atoms with van der Waals surface area (Å²) in [7, 11) is 0. The monoisotopic (exact) mass is 265 g/mol. The van der Waals surface area contributed by atoms with Crippen molar-refractivity contribution in [3.63, 3.8) is 0 Å². The van der Waals surface area contributed by atoms with Gasteiger partial charge in [0.05, 0.1) is 4.92 Å². The molecule has 0 saturated heterocycles. The van der Waals surface area contributed by atoms with Gasteiger partial charge in [-0.1, -0.05) is 13.8 Å². The Labute approximate surface area is 109 Å². The van der Waals surface area contributed by atoms with Crippen molar-refractivity contribution < 1.29 is 9.34 Å². The molecule has 8 nitrogen and oxygen atoms in total. The van der Waals surface area contributed by atoms with Crippen LogP contribution in [-0.4, -0.2) is 24.9 Å². The van der Waals surface area contributed by atoms with Crippen LogP contribution < -0.4 is 0 Å². The number of hydrogen-bond acceptors (Lipinski definition) is 6. The molecule has 0 radical (unpaired) electrons. The Hall–Kier alpha value is -2.25. The summed E-state index contributed by atoms with van der Waals surface area (Å²) in [4.78, 5) is 10.1. The zero-order valence-electron chi connectivity index (χ0n) is 11.0. The zero-order chi connectivity index (χ0) is 14.0. The van der Waals surface area contributed by atoms with Gasteiger partial charge in [0, 0.05) is 6.42 Å². The van der Waals surface area contributed by atoms with Crippen LogP contribution in [0.2, 0.25) is 0 Å². The van der Waals surface area contributed by atoms with E-state index in [4.69, 9.17) is 4.42 Å². The van der Waals surface area contributed by atoms with Crippen molar-refractivity contribution >= 4 is 5.69 Å². The van der Waals surface area contributed by atoms with Gasteiger partial charge >= 0.3 is 5.69 Å². The number of nitrogens with zero attached hydrogens (tertiary/aromatic N) is 5. The quantitative estimate of drug-likeness (QED) is 0.605. The first kappa shape index (κ1) is 13.2. The summed E-state index contributed by atoms with van der Waals surface area (Å²) >= 11 is 0. The van der Waals surface area contributed by atoms with Crippen LogP contribution in [0.3, 0.4) is 0 Å².